The molecule has 0 aliphatic rings. The average molecular weight is 323 g/mol. The Morgan fingerprint density at radius 1 is 1.35 bits per heavy atom. The molecule has 8 nitrogen and oxygen atoms in total. The zero-order valence-electron chi connectivity index (χ0n) is 13.5. The van der Waals surface area contributed by atoms with E-state index in [0.717, 1.165) is 18.9 Å². The molecular formula is C15H21N3O5. The molecule has 0 radical (unpaired) electrons. The maximum Gasteiger partial charge on any atom is 0.338 e. The zero-order chi connectivity index (χ0) is 17.4. The molecular weight excluding hydrogens is 302 g/mol. The first-order chi connectivity index (χ1) is 10.9. The fourth-order valence-corrected chi connectivity index (χ4v) is 1.84. The fourth-order valence-electron chi connectivity index (χ4n) is 1.84. The largest absolute Gasteiger partial charge is 0.452 e. The highest BCUT2D eigenvalue weighted by atomic mass is 16.6. The number of carbonyl (C=O) groups excluding carboxylic acids is 2. The van der Waals surface area contributed by atoms with Crippen LogP contribution in [0.4, 0.5) is 11.4 Å². The van der Waals surface area contributed by atoms with Gasteiger partial charge in [-0.2, -0.15) is 0 Å². The SMILES string of the molecule is CCCCNC(=O)COC(=O)c1ccc(N(C)C)c([N+](=O)[O-])c1. The van der Waals surface area contributed by atoms with Crippen LogP contribution in [0, 0.1) is 10.1 Å². The van der Waals surface area contributed by atoms with E-state index in [0.29, 0.717) is 12.2 Å². The number of unbranched alkanes of at least 4 members (excludes halogenated alkanes) is 1. The summed E-state index contributed by atoms with van der Waals surface area (Å²) in [5.41, 5.74) is 0.212. The molecule has 0 atom stereocenters. The molecule has 1 N–H and O–H groups in total. The Morgan fingerprint density at radius 2 is 2.04 bits per heavy atom. The van der Waals surface area contributed by atoms with E-state index in [4.69, 9.17) is 4.74 Å². The van der Waals surface area contributed by atoms with Gasteiger partial charge in [-0.15, -0.1) is 0 Å². The number of nitro benzene ring substituents is 1. The highest BCUT2D eigenvalue weighted by molar-refractivity contribution is 5.93. The molecule has 0 aromatic heterocycles. The first kappa shape index (κ1) is 18.4. The third-order valence-corrected chi connectivity index (χ3v) is 3.08. The predicted molar refractivity (Wildman–Crippen MR) is 85.6 cm³/mol. The number of hydrogen-bond donors (Lipinski definition) is 1. The van der Waals surface area contributed by atoms with Gasteiger partial charge in [0.1, 0.15) is 5.69 Å². The molecule has 0 fully saturated rings. The highest BCUT2D eigenvalue weighted by Crippen LogP contribution is 2.27. The molecule has 0 aliphatic carbocycles. The molecule has 0 heterocycles. The van der Waals surface area contributed by atoms with Gasteiger partial charge in [-0.05, 0) is 18.6 Å². The molecule has 1 aromatic rings. The lowest BCUT2D eigenvalue weighted by Gasteiger charge is -2.13. The minimum Gasteiger partial charge on any atom is -0.452 e. The van der Waals surface area contributed by atoms with E-state index in [2.05, 4.69) is 5.32 Å². The molecule has 1 amide bonds. The minimum absolute atomic E-state index is 0.0312. The number of nitrogens with zero attached hydrogens (tertiary/aromatic N) is 2. The van der Waals surface area contributed by atoms with Crippen LogP contribution in [0.2, 0.25) is 0 Å². The maximum atomic E-state index is 11.9. The van der Waals surface area contributed by atoms with Crippen LogP contribution < -0.4 is 10.2 Å². The average Bonchev–Trinajstić information content (AvgIpc) is 2.52. The van der Waals surface area contributed by atoms with Crippen LogP contribution in [0.15, 0.2) is 18.2 Å². The molecule has 0 aliphatic heterocycles. The van der Waals surface area contributed by atoms with Gasteiger partial charge in [0.15, 0.2) is 6.61 Å². The van der Waals surface area contributed by atoms with Gasteiger partial charge in [-0.1, -0.05) is 13.3 Å². The second kappa shape index (κ2) is 8.72. The Bertz CT molecular complexity index is 586. The van der Waals surface area contributed by atoms with E-state index < -0.39 is 23.4 Å². The number of anilines is 1. The Hall–Kier alpha value is -2.64. The van der Waals surface area contributed by atoms with Crippen molar-refractivity contribution < 1.29 is 19.2 Å². The summed E-state index contributed by atoms with van der Waals surface area (Å²) in [6.45, 7) is 2.11. The zero-order valence-corrected chi connectivity index (χ0v) is 13.5. The summed E-state index contributed by atoms with van der Waals surface area (Å²) in [6, 6.07) is 4.04. The standard InChI is InChI=1S/C15H21N3O5/c1-4-5-8-16-14(19)10-23-15(20)11-6-7-12(17(2)3)13(9-11)18(21)22/h6-7,9H,4-5,8,10H2,1-3H3,(H,16,19). The van der Waals surface area contributed by atoms with Crippen LogP contribution >= 0.6 is 0 Å². The number of nitro groups is 1. The lowest BCUT2D eigenvalue weighted by atomic mass is 10.1. The maximum absolute atomic E-state index is 11.9. The van der Waals surface area contributed by atoms with Crippen LogP contribution in [-0.2, 0) is 9.53 Å². The van der Waals surface area contributed by atoms with Crippen molar-refractivity contribution in [2.24, 2.45) is 0 Å². The van der Waals surface area contributed by atoms with E-state index in [1.54, 1.807) is 19.0 Å². The topological polar surface area (TPSA) is 102 Å². The van der Waals surface area contributed by atoms with Gasteiger partial charge < -0.3 is 15.0 Å². The van der Waals surface area contributed by atoms with E-state index in [9.17, 15) is 19.7 Å². The van der Waals surface area contributed by atoms with Gasteiger partial charge in [-0.3, -0.25) is 14.9 Å². The second-order valence-corrected chi connectivity index (χ2v) is 5.13. The van der Waals surface area contributed by atoms with Gasteiger partial charge >= 0.3 is 5.97 Å². The Kier molecular flexibility index (Phi) is 6.98. The lowest BCUT2D eigenvalue weighted by molar-refractivity contribution is -0.384. The summed E-state index contributed by atoms with van der Waals surface area (Å²) in [5, 5.41) is 13.7. The first-order valence-electron chi connectivity index (χ1n) is 7.26. The van der Waals surface area contributed by atoms with Gasteiger partial charge in [0, 0.05) is 26.7 Å². The molecule has 8 heteroatoms. The smallest absolute Gasteiger partial charge is 0.338 e. The van der Waals surface area contributed by atoms with Gasteiger partial charge in [-0.25, -0.2) is 4.79 Å². The second-order valence-electron chi connectivity index (χ2n) is 5.13. The quantitative estimate of drug-likeness (QED) is 0.338. The number of amides is 1. The number of ether oxygens (including phenoxy) is 1. The van der Waals surface area contributed by atoms with Crippen molar-refractivity contribution in [2.75, 3.05) is 32.1 Å². The summed E-state index contributed by atoms with van der Waals surface area (Å²) >= 11 is 0. The van der Waals surface area contributed by atoms with E-state index in [1.807, 2.05) is 6.92 Å². The van der Waals surface area contributed by atoms with Crippen molar-refractivity contribution in [3.63, 3.8) is 0 Å². The van der Waals surface area contributed by atoms with Crippen LogP contribution in [-0.4, -0.2) is 44.0 Å². The minimum atomic E-state index is -0.774. The van der Waals surface area contributed by atoms with Crippen molar-refractivity contribution in [1.82, 2.24) is 5.32 Å². The monoisotopic (exact) mass is 323 g/mol. The number of benzene rings is 1. The molecule has 0 saturated heterocycles. The number of esters is 1. The summed E-state index contributed by atoms with van der Waals surface area (Å²) < 4.78 is 4.87. The fraction of sp³-hybridized carbons (Fsp3) is 0.467. The summed E-state index contributed by atoms with van der Waals surface area (Å²) in [7, 11) is 3.34. The van der Waals surface area contributed by atoms with Crippen LogP contribution in [0.25, 0.3) is 0 Å². The van der Waals surface area contributed by atoms with E-state index >= 15 is 0 Å². The lowest BCUT2D eigenvalue weighted by Crippen LogP contribution is -2.29. The number of carbonyl (C=O) groups is 2. The van der Waals surface area contributed by atoms with Crippen molar-refractivity contribution in [3.8, 4) is 0 Å². The van der Waals surface area contributed by atoms with Crippen molar-refractivity contribution in [1.29, 1.82) is 0 Å². The highest BCUT2D eigenvalue weighted by Gasteiger charge is 2.20. The molecule has 0 unspecified atom stereocenters. The van der Waals surface area contributed by atoms with Crippen molar-refractivity contribution in [2.45, 2.75) is 19.8 Å². The number of hydrogen-bond acceptors (Lipinski definition) is 6. The molecule has 0 bridgehead atoms. The van der Waals surface area contributed by atoms with E-state index in [-0.39, 0.29) is 11.3 Å². The molecule has 1 aromatic carbocycles. The van der Waals surface area contributed by atoms with Crippen molar-refractivity contribution >= 4 is 23.3 Å². The molecule has 0 saturated carbocycles. The van der Waals surface area contributed by atoms with Crippen LogP contribution in [0.1, 0.15) is 30.1 Å². The Labute approximate surface area is 134 Å². The third kappa shape index (κ3) is 5.57. The molecule has 0 spiro atoms. The molecule has 126 valence electrons. The predicted octanol–water partition coefficient (Wildman–Crippen LogP) is 1.73. The van der Waals surface area contributed by atoms with Crippen LogP contribution in [0.3, 0.4) is 0 Å². The summed E-state index contributed by atoms with van der Waals surface area (Å²) in [5.74, 6) is -1.17. The van der Waals surface area contributed by atoms with E-state index in [1.165, 1.54) is 12.1 Å². The normalized spacial score (nSPS) is 10.0. The van der Waals surface area contributed by atoms with Gasteiger partial charge in [0.05, 0.1) is 10.5 Å². The summed E-state index contributed by atoms with van der Waals surface area (Å²) in [6.07, 6.45) is 1.79. The first-order valence-corrected chi connectivity index (χ1v) is 7.26. The van der Waals surface area contributed by atoms with Crippen molar-refractivity contribution in [3.05, 3.63) is 33.9 Å². The molecule has 1 rings (SSSR count). The number of nitrogens with one attached hydrogen (secondary N) is 1. The number of rotatable bonds is 8. The summed E-state index contributed by atoms with van der Waals surface area (Å²) in [4.78, 5) is 35.5. The van der Waals surface area contributed by atoms with Gasteiger partial charge in [0.2, 0.25) is 0 Å². The Morgan fingerprint density at radius 3 is 2.61 bits per heavy atom. The van der Waals surface area contributed by atoms with Gasteiger partial charge in [0.25, 0.3) is 11.6 Å². The Balaban J connectivity index is 2.71. The molecule has 23 heavy (non-hydrogen) atoms. The third-order valence-electron chi connectivity index (χ3n) is 3.08. The van der Waals surface area contributed by atoms with Crippen LogP contribution in [0.5, 0.6) is 0 Å².